The van der Waals surface area contributed by atoms with Crippen molar-refractivity contribution in [3.8, 4) is 0 Å². The Hall–Kier alpha value is -2.45. The van der Waals surface area contributed by atoms with Gasteiger partial charge in [-0.15, -0.1) is 0 Å². The standard InChI is InChI=1S/C18H20FN3O3S/c1-14-6-8-15(9-7-14)26(24,25)22-12-10-21(11-13-22)18(23)20-17-5-3-2-4-16(17)19/h2-9H,10-13H2,1H3,(H,20,23). The van der Waals surface area contributed by atoms with E-state index in [-0.39, 0.29) is 36.8 Å². The first-order valence-electron chi connectivity index (χ1n) is 8.25. The summed E-state index contributed by atoms with van der Waals surface area (Å²) < 4.78 is 40.3. The predicted molar refractivity (Wildman–Crippen MR) is 96.9 cm³/mol. The fourth-order valence-corrected chi connectivity index (χ4v) is 4.17. The van der Waals surface area contributed by atoms with Crippen molar-refractivity contribution in [2.24, 2.45) is 0 Å². The maximum Gasteiger partial charge on any atom is 0.322 e. The van der Waals surface area contributed by atoms with E-state index in [4.69, 9.17) is 0 Å². The third-order valence-electron chi connectivity index (χ3n) is 4.30. The zero-order valence-electron chi connectivity index (χ0n) is 14.4. The number of nitrogens with one attached hydrogen (secondary N) is 1. The van der Waals surface area contributed by atoms with Crippen LogP contribution in [0.5, 0.6) is 0 Å². The van der Waals surface area contributed by atoms with Crippen LogP contribution in [0.25, 0.3) is 0 Å². The van der Waals surface area contributed by atoms with E-state index in [9.17, 15) is 17.6 Å². The summed E-state index contributed by atoms with van der Waals surface area (Å²) in [6.07, 6.45) is 0. The number of rotatable bonds is 3. The highest BCUT2D eigenvalue weighted by Crippen LogP contribution is 2.19. The molecule has 2 aromatic carbocycles. The Labute approximate surface area is 152 Å². The van der Waals surface area contributed by atoms with E-state index in [1.54, 1.807) is 36.4 Å². The summed E-state index contributed by atoms with van der Waals surface area (Å²) in [5.41, 5.74) is 1.09. The van der Waals surface area contributed by atoms with E-state index in [0.717, 1.165) is 5.56 Å². The van der Waals surface area contributed by atoms with Gasteiger partial charge in [0.15, 0.2) is 0 Å². The van der Waals surface area contributed by atoms with Crippen LogP contribution in [-0.4, -0.2) is 49.8 Å². The minimum Gasteiger partial charge on any atom is -0.322 e. The van der Waals surface area contributed by atoms with Gasteiger partial charge in [-0.25, -0.2) is 17.6 Å². The number of hydrogen-bond acceptors (Lipinski definition) is 3. The van der Waals surface area contributed by atoms with Gasteiger partial charge in [-0.05, 0) is 31.2 Å². The molecule has 1 fully saturated rings. The summed E-state index contributed by atoms with van der Waals surface area (Å²) in [6.45, 7) is 2.77. The quantitative estimate of drug-likeness (QED) is 0.894. The second kappa shape index (κ2) is 7.43. The van der Waals surface area contributed by atoms with Crippen molar-refractivity contribution in [2.75, 3.05) is 31.5 Å². The van der Waals surface area contributed by atoms with E-state index in [0.29, 0.717) is 0 Å². The molecule has 0 aromatic heterocycles. The molecule has 2 aromatic rings. The largest absolute Gasteiger partial charge is 0.322 e. The molecule has 0 bridgehead atoms. The molecule has 2 amide bonds. The van der Waals surface area contributed by atoms with Gasteiger partial charge in [-0.2, -0.15) is 4.31 Å². The molecular formula is C18H20FN3O3S. The highest BCUT2D eigenvalue weighted by molar-refractivity contribution is 7.89. The second-order valence-corrected chi connectivity index (χ2v) is 8.05. The van der Waals surface area contributed by atoms with Crippen LogP contribution in [-0.2, 0) is 10.0 Å². The lowest BCUT2D eigenvalue weighted by Gasteiger charge is -2.34. The molecule has 1 heterocycles. The maximum atomic E-state index is 13.6. The lowest BCUT2D eigenvalue weighted by Crippen LogP contribution is -2.51. The first-order valence-corrected chi connectivity index (χ1v) is 9.69. The SMILES string of the molecule is Cc1ccc(S(=O)(=O)N2CCN(C(=O)Nc3ccccc3F)CC2)cc1. The molecule has 0 saturated carbocycles. The van der Waals surface area contributed by atoms with Crippen molar-refractivity contribution >= 4 is 21.7 Å². The summed E-state index contributed by atoms with van der Waals surface area (Å²) in [4.78, 5) is 14.0. The number of halogens is 1. The fourth-order valence-electron chi connectivity index (χ4n) is 2.75. The van der Waals surface area contributed by atoms with Crippen molar-refractivity contribution in [3.05, 3.63) is 59.9 Å². The summed E-state index contributed by atoms with van der Waals surface area (Å²) in [6, 6.07) is 12.2. The Balaban J connectivity index is 1.62. The molecule has 8 heteroatoms. The van der Waals surface area contributed by atoms with E-state index in [1.165, 1.54) is 21.3 Å². The Morgan fingerprint density at radius 1 is 1.00 bits per heavy atom. The lowest BCUT2D eigenvalue weighted by atomic mass is 10.2. The van der Waals surface area contributed by atoms with Crippen LogP contribution >= 0.6 is 0 Å². The monoisotopic (exact) mass is 377 g/mol. The number of aryl methyl sites for hydroxylation is 1. The van der Waals surface area contributed by atoms with Crippen LogP contribution < -0.4 is 5.32 Å². The van der Waals surface area contributed by atoms with Gasteiger partial charge >= 0.3 is 6.03 Å². The Morgan fingerprint density at radius 2 is 1.62 bits per heavy atom. The number of para-hydroxylation sites is 1. The first-order chi connectivity index (χ1) is 12.4. The summed E-state index contributed by atoms with van der Waals surface area (Å²) in [5.74, 6) is -0.513. The normalized spacial score (nSPS) is 15.7. The summed E-state index contributed by atoms with van der Waals surface area (Å²) >= 11 is 0. The van der Waals surface area contributed by atoms with Crippen molar-refractivity contribution in [3.63, 3.8) is 0 Å². The zero-order chi connectivity index (χ0) is 18.7. The third kappa shape index (κ3) is 3.86. The van der Waals surface area contributed by atoms with Gasteiger partial charge in [0.25, 0.3) is 0 Å². The van der Waals surface area contributed by atoms with E-state index in [1.807, 2.05) is 6.92 Å². The molecule has 0 aliphatic carbocycles. The van der Waals surface area contributed by atoms with Crippen molar-refractivity contribution in [2.45, 2.75) is 11.8 Å². The van der Waals surface area contributed by atoms with Gasteiger partial charge < -0.3 is 10.2 Å². The molecule has 3 rings (SSSR count). The van der Waals surface area contributed by atoms with Gasteiger partial charge in [-0.3, -0.25) is 0 Å². The van der Waals surface area contributed by atoms with Crippen LogP contribution in [0.4, 0.5) is 14.9 Å². The van der Waals surface area contributed by atoms with Crippen LogP contribution in [0.3, 0.4) is 0 Å². The topological polar surface area (TPSA) is 69.7 Å². The average molecular weight is 377 g/mol. The van der Waals surface area contributed by atoms with Crippen molar-refractivity contribution in [1.29, 1.82) is 0 Å². The molecule has 0 radical (unpaired) electrons. The number of nitrogens with zero attached hydrogens (tertiary/aromatic N) is 2. The molecule has 1 aliphatic rings. The second-order valence-electron chi connectivity index (χ2n) is 6.11. The molecule has 1 saturated heterocycles. The number of anilines is 1. The predicted octanol–water partition coefficient (Wildman–Crippen LogP) is 2.67. The number of benzene rings is 2. The number of amides is 2. The van der Waals surface area contributed by atoms with Crippen LogP contribution in [0.1, 0.15) is 5.56 Å². The van der Waals surface area contributed by atoms with Gasteiger partial charge in [0.05, 0.1) is 10.6 Å². The van der Waals surface area contributed by atoms with Crippen molar-refractivity contribution in [1.82, 2.24) is 9.21 Å². The zero-order valence-corrected chi connectivity index (χ0v) is 15.2. The van der Waals surface area contributed by atoms with Crippen molar-refractivity contribution < 1.29 is 17.6 Å². The maximum absolute atomic E-state index is 13.6. The Bertz CT molecular complexity index is 892. The van der Waals surface area contributed by atoms with E-state index < -0.39 is 21.9 Å². The number of urea groups is 1. The smallest absolute Gasteiger partial charge is 0.322 e. The van der Waals surface area contributed by atoms with Gasteiger partial charge in [0.2, 0.25) is 10.0 Å². The average Bonchev–Trinajstić information content (AvgIpc) is 2.64. The summed E-state index contributed by atoms with van der Waals surface area (Å²) in [7, 11) is -3.58. The molecule has 1 N–H and O–H groups in total. The first kappa shape index (κ1) is 18.3. The number of piperazine rings is 1. The highest BCUT2D eigenvalue weighted by atomic mass is 32.2. The van der Waals surface area contributed by atoms with Gasteiger partial charge in [0, 0.05) is 26.2 Å². The van der Waals surface area contributed by atoms with Gasteiger partial charge in [0.1, 0.15) is 5.82 Å². The minimum absolute atomic E-state index is 0.104. The molecule has 138 valence electrons. The van der Waals surface area contributed by atoms with Gasteiger partial charge in [-0.1, -0.05) is 29.8 Å². The van der Waals surface area contributed by atoms with Crippen LogP contribution in [0.15, 0.2) is 53.4 Å². The molecule has 26 heavy (non-hydrogen) atoms. The highest BCUT2D eigenvalue weighted by Gasteiger charge is 2.30. The molecule has 0 unspecified atom stereocenters. The lowest BCUT2D eigenvalue weighted by molar-refractivity contribution is 0.184. The number of carbonyl (C=O) groups is 1. The van der Waals surface area contributed by atoms with Crippen LogP contribution in [0, 0.1) is 12.7 Å². The molecular weight excluding hydrogens is 357 g/mol. The molecule has 6 nitrogen and oxygen atoms in total. The van der Waals surface area contributed by atoms with E-state index in [2.05, 4.69) is 5.32 Å². The molecule has 0 atom stereocenters. The number of sulfonamides is 1. The molecule has 1 aliphatic heterocycles. The summed E-state index contributed by atoms with van der Waals surface area (Å²) in [5, 5.41) is 2.52. The molecule has 0 spiro atoms. The number of hydrogen-bond donors (Lipinski definition) is 1. The van der Waals surface area contributed by atoms with Crippen LogP contribution in [0.2, 0.25) is 0 Å². The Kier molecular flexibility index (Phi) is 5.24. The number of carbonyl (C=O) groups excluding carboxylic acids is 1. The third-order valence-corrected chi connectivity index (χ3v) is 6.21. The minimum atomic E-state index is -3.58. The fraction of sp³-hybridized carbons (Fsp3) is 0.278. The van der Waals surface area contributed by atoms with E-state index >= 15 is 0 Å². The Morgan fingerprint density at radius 3 is 2.23 bits per heavy atom.